The number of hydrogen-bond acceptors (Lipinski definition) is 5. The largest absolute Gasteiger partial charge is 0.394 e. The number of allylic oxidation sites excluding steroid dienone is 6. The van der Waals surface area contributed by atoms with E-state index in [2.05, 4.69) is 55.6 Å². The fourth-order valence-corrected chi connectivity index (χ4v) is 7.42. The summed E-state index contributed by atoms with van der Waals surface area (Å²) in [6, 6.07) is -1.01. The molecule has 0 heterocycles. The normalized spacial score (nSPS) is 14.3. The Balaban J connectivity index is 3.68. The second kappa shape index (κ2) is 44.6. The molecular formula is C50H95NO5. The van der Waals surface area contributed by atoms with Gasteiger partial charge in [0.25, 0.3) is 0 Å². The minimum Gasteiger partial charge on any atom is -0.394 e. The third kappa shape index (κ3) is 38.1. The summed E-state index contributed by atoms with van der Waals surface area (Å²) in [6.07, 6.45) is 53.4. The molecule has 5 N–H and O–H groups in total. The predicted molar refractivity (Wildman–Crippen MR) is 242 cm³/mol. The van der Waals surface area contributed by atoms with Crippen molar-refractivity contribution < 1.29 is 25.2 Å². The van der Waals surface area contributed by atoms with Gasteiger partial charge in [-0.1, -0.05) is 224 Å². The highest BCUT2D eigenvalue weighted by molar-refractivity contribution is 5.80. The number of carbonyl (C=O) groups is 1. The minimum atomic E-state index is -1.29. The fraction of sp³-hybridized carbons (Fsp3) is 0.860. The summed E-state index contributed by atoms with van der Waals surface area (Å²) in [5, 5.41) is 43.7. The number of rotatable bonds is 44. The van der Waals surface area contributed by atoms with Crippen molar-refractivity contribution in [1.82, 2.24) is 5.32 Å². The van der Waals surface area contributed by atoms with Gasteiger partial charge < -0.3 is 25.7 Å². The van der Waals surface area contributed by atoms with E-state index in [9.17, 15) is 25.2 Å². The van der Waals surface area contributed by atoms with Crippen molar-refractivity contribution in [3.63, 3.8) is 0 Å². The molecule has 0 bridgehead atoms. The molecule has 0 radical (unpaired) electrons. The van der Waals surface area contributed by atoms with Crippen molar-refractivity contribution in [2.75, 3.05) is 6.61 Å². The molecule has 0 spiro atoms. The molecule has 4 atom stereocenters. The molecular weight excluding hydrogens is 695 g/mol. The quantitative estimate of drug-likeness (QED) is 0.0312. The van der Waals surface area contributed by atoms with Crippen molar-refractivity contribution in [1.29, 1.82) is 0 Å². The molecule has 0 aliphatic carbocycles. The van der Waals surface area contributed by atoms with Gasteiger partial charge in [0.15, 0.2) is 0 Å². The molecule has 6 heteroatoms. The van der Waals surface area contributed by atoms with Crippen LogP contribution in [0.3, 0.4) is 0 Å². The average Bonchev–Trinajstić information content (AvgIpc) is 3.20. The fourth-order valence-electron chi connectivity index (χ4n) is 7.42. The van der Waals surface area contributed by atoms with Crippen LogP contribution in [0.15, 0.2) is 36.5 Å². The Bertz CT molecular complexity index is 889. The summed E-state index contributed by atoms with van der Waals surface area (Å²) in [5.74, 6) is -0.597. The molecule has 0 aromatic carbocycles. The Kier molecular flexibility index (Phi) is 43.5. The lowest BCUT2D eigenvalue weighted by molar-refractivity contribution is -0.132. The summed E-state index contributed by atoms with van der Waals surface area (Å²) in [4.78, 5) is 12.5. The van der Waals surface area contributed by atoms with E-state index in [1.165, 1.54) is 161 Å². The minimum absolute atomic E-state index is 0.362. The molecule has 6 nitrogen and oxygen atoms in total. The molecule has 56 heavy (non-hydrogen) atoms. The molecule has 0 rings (SSSR count). The first-order chi connectivity index (χ1) is 27.5. The lowest BCUT2D eigenvalue weighted by Crippen LogP contribution is -2.53. The van der Waals surface area contributed by atoms with Crippen LogP contribution in [-0.2, 0) is 4.79 Å². The van der Waals surface area contributed by atoms with E-state index in [1.54, 1.807) is 0 Å². The standard InChI is InChI=1S/C50H95NO5/c1-3-5-7-9-11-13-15-17-19-20-21-22-23-24-25-26-27-28-30-32-34-36-38-40-42-44-48(54)50(56)51-46(45-52)49(55)47(53)43-41-39-37-35-33-31-29-18-16-14-12-10-8-6-4-2/h10,12,18,29,35,37,46-49,52-55H,3-9,11,13-17,19-28,30-34,36,38-45H2,1-2H3,(H,51,56)/b12-10+,29-18+,37-35+. The van der Waals surface area contributed by atoms with Crippen molar-refractivity contribution in [2.45, 2.75) is 269 Å². The average molecular weight is 790 g/mol. The highest BCUT2D eigenvalue weighted by Crippen LogP contribution is 2.17. The third-order valence-corrected chi connectivity index (χ3v) is 11.3. The van der Waals surface area contributed by atoms with Crippen LogP contribution in [0.5, 0.6) is 0 Å². The summed E-state index contributed by atoms with van der Waals surface area (Å²) >= 11 is 0. The Morgan fingerprint density at radius 3 is 1.11 bits per heavy atom. The van der Waals surface area contributed by atoms with Crippen molar-refractivity contribution in [3.8, 4) is 0 Å². The topological polar surface area (TPSA) is 110 Å². The highest BCUT2D eigenvalue weighted by atomic mass is 16.3. The van der Waals surface area contributed by atoms with E-state index in [0.29, 0.717) is 19.3 Å². The molecule has 0 saturated carbocycles. The number of aliphatic hydroxyl groups is 4. The monoisotopic (exact) mass is 790 g/mol. The Labute approximate surface area is 347 Å². The second-order valence-corrected chi connectivity index (χ2v) is 16.8. The second-order valence-electron chi connectivity index (χ2n) is 16.8. The van der Waals surface area contributed by atoms with E-state index in [0.717, 1.165) is 51.4 Å². The van der Waals surface area contributed by atoms with Gasteiger partial charge in [0.05, 0.1) is 18.8 Å². The number of nitrogens with one attached hydrogen (secondary N) is 1. The maximum atomic E-state index is 12.5. The molecule has 0 saturated heterocycles. The zero-order valence-electron chi connectivity index (χ0n) is 37.1. The van der Waals surface area contributed by atoms with Crippen LogP contribution in [0.4, 0.5) is 0 Å². The number of amides is 1. The molecule has 1 amide bonds. The predicted octanol–water partition coefficient (Wildman–Crippen LogP) is 13.3. The van der Waals surface area contributed by atoms with Crippen LogP contribution < -0.4 is 5.32 Å². The molecule has 0 aliphatic rings. The number of unbranched alkanes of at least 4 members (excludes halogenated alkanes) is 29. The van der Waals surface area contributed by atoms with Gasteiger partial charge in [-0.05, 0) is 57.8 Å². The zero-order valence-corrected chi connectivity index (χ0v) is 37.1. The van der Waals surface area contributed by atoms with Crippen molar-refractivity contribution >= 4 is 5.91 Å². The van der Waals surface area contributed by atoms with Gasteiger partial charge >= 0.3 is 0 Å². The summed E-state index contributed by atoms with van der Waals surface area (Å²) in [6.45, 7) is 4.00. The maximum absolute atomic E-state index is 12.5. The van der Waals surface area contributed by atoms with E-state index >= 15 is 0 Å². The first-order valence-corrected chi connectivity index (χ1v) is 24.4. The van der Waals surface area contributed by atoms with Crippen molar-refractivity contribution in [2.24, 2.45) is 0 Å². The molecule has 0 aromatic heterocycles. The first kappa shape index (κ1) is 54.5. The van der Waals surface area contributed by atoms with Crippen LogP contribution in [0.25, 0.3) is 0 Å². The van der Waals surface area contributed by atoms with Crippen LogP contribution in [0.1, 0.15) is 245 Å². The SMILES string of the molecule is CCCC/C=C/CC/C=C/CC/C=C/CCCC(O)C(O)C(CO)NC(=O)C(O)CCCCCCCCCCCCCCCCCCCCCCCCCCC. The van der Waals surface area contributed by atoms with E-state index in [-0.39, 0.29) is 0 Å². The van der Waals surface area contributed by atoms with Crippen LogP contribution in [0, 0.1) is 0 Å². The smallest absolute Gasteiger partial charge is 0.249 e. The molecule has 0 aromatic rings. The molecule has 0 fully saturated rings. The summed E-state index contributed by atoms with van der Waals surface area (Å²) in [7, 11) is 0. The number of carbonyl (C=O) groups excluding carboxylic acids is 1. The van der Waals surface area contributed by atoms with Crippen molar-refractivity contribution in [3.05, 3.63) is 36.5 Å². The Morgan fingerprint density at radius 2 is 0.750 bits per heavy atom. The first-order valence-electron chi connectivity index (χ1n) is 24.4. The maximum Gasteiger partial charge on any atom is 0.249 e. The highest BCUT2D eigenvalue weighted by Gasteiger charge is 2.28. The lowest BCUT2D eigenvalue weighted by Gasteiger charge is -2.27. The number of aliphatic hydroxyl groups excluding tert-OH is 4. The van der Waals surface area contributed by atoms with Gasteiger partial charge in [0, 0.05) is 0 Å². The lowest BCUT2D eigenvalue weighted by atomic mass is 10.00. The molecule has 330 valence electrons. The van der Waals surface area contributed by atoms with Gasteiger partial charge in [-0.3, -0.25) is 4.79 Å². The van der Waals surface area contributed by atoms with E-state index in [4.69, 9.17) is 0 Å². The van der Waals surface area contributed by atoms with Gasteiger partial charge in [0.1, 0.15) is 12.2 Å². The van der Waals surface area contributed by atoms with E-state index < -0.39 is 36.9 Å². The van der Waals surface area contributed by atoms with E-state index in [1.807, 2.05) is 0 Å². The third-order valence-electron chi connectivity index (χ3n) is 11.3. The van der Waals surface area contributed by atoms with Gasteiger partial charge in [-0.25, -0.2) is 0 Å². The zero-order chi connectivity index (χ0) is 41.0. The number of hydrogen-bond donors (Lipinski definition) is 5. The van der Waals surface area contributed by atoms with Crippen LogP contribution >= 0.6 is 0 Å². The van der Waals surface area contributed by atoms with Gasteiger partial charge in [0.2, 0.25) is 5.91 Å². The molecule has 0 aliphatic heterocycles. The Hall–Kier alpha value is -1.47. The molecule has 4 unspecified atom stereocenters. The summed E-state index contributed by atoms with van der Waals surface area (Å²) < 4.78 is 0. The summed E-state index contributed by atoms with van der Waals surface area (Å²) in [5.41, 5.74) is 0. The van der Waals surface area contributed by atoms with Gasteiger partial charge in [-0.2, -0.15) is 0 Å². The van der Waals surface area contributed by atoms with Gasteiger partial charge in [-0.15, -0.1) is 0 Å². The van der Waals surface area contributed by atoms with Crippen LogP contribution in [-0.4, -0.2) is 57.3 Å². The Morgan fingerprint density at radius 1 is 0.429 bits per heavy atom. The van der Waals surface area contributed by atoms with Crippen LogP contribution in [0.2, 0.25) is 0 Å².